The summed E-state index contributed by atoms with van der Waals surface area (Å²) < 4.78 is 1.41. The van der Waals surface area contributed by atoms with Gasteiger partial charge in [0.25, 0.3) is 0 Å². The van der Waals surface area contributed by atoms with Gasteiger partial charge in [-0.2, -0.15) is 0 Å². The standard InChI is InChI=1S/C11H13NS/c1-8-3-2-4-10-9(5-6-12)7-13-11(8)10/h2-4,7H,5-6,12H2,1H3. The van der Waals surface area contributed by atoms with E-state index in [4.69, 9.17) is 5.73 Å². The highest BCUT2D eigenvalue weighted by atomic mass is 32.1. The van der Waals surface area contributed by atoms with E-state index in [0.717, 1.165) is 13.0 Å². The zero-order valence-electron chi connectivity index (χ0n) is 7.71. The first kappa shape index (κ1) is 8.73. The Labute approximate surface area is 82.2 Å². The second kappa shape index (κ2) is 3.48. The minimum Gasteiger partial charge on any atom is -0.330 e. The van der Waals surface area contributed by atoms with Gasteiger partial charge in [0.05, 0.1) is 0 Å². The van der Waals surface area contributed by atoms with E-state index in [2.05, 4.69) is 30.5 Å². The highest BCUT2D eigenvalue weighted by Gasteiger charge is 2.03. The van der Waals surface area contributed by atoms with Crippen molar-refractivity contribution < 1.29 is 0 Å². The molecule has 0 amide bonds. The van der Waals surface area contributed by atoms with Crippen LogP contribution in [0.5, 0.6) is 0 Å². The predicted octanol–water partition coefficient (Wildman–Crippen LogP) is 2.71. The molecule has 0 aliphatic rings. The summed E-state index contributed by atoms with van der Waals surface area (Å²) in [5.74, 6) is 0. The Kier molecular flexibility index (Phi) is 2.34. The van der Waals surface area contributed by atoms with Crippen molar-refractivity contribution in [3.8, 4) is 0 Å². The van der Waals surface area contributed by atoms with Crippen molar-refractivity contribution in [3.05, 3.63) is 34.7 Å². The molecule has 2 N–H and O–H groups in total. The lowest BCUT2D eigenvalue weighted by atomic mass is 10.1. The predicted molar refractivity (Wildman–Crippen MR) is 59.3 cm³/mol. The summed E-state index contributed by atoms with van der Waals surface area (Å²) in [5.41, 5.74) is 8.31. The van der Waals surface area contributed by atoms with Gasteiger partial charge in [-0.05, 0) is 41.8 Å². The van der Waals surface area contributed by atoms with Gasteiger partial charge >= 0.3 is 0 Å². The summed E-state index contributed by atoms with van der Waals surface area (Å²) in [6.45, 7) is 2.89. The van der Waals surface area contributed by atoms with Crippen LogP contribution >= 0.6 is 11.3 Å². The smallest absolute Gasteiger partial charge is 0.0374 e. The van der Waals surface area contributed by atoms with Crippen LogP contribution in [-0.2, 0) is 6.42 Å². The van der Waals surface area contributed by atoms with Gasteiger partial charge < -0.3 is 5.73 Å². The Bertz CT molecular complexity index is 417. The third-order valence-corrected chi connectivity index (χ3v) is 3.47. The summed E-state index contributed by atoms with van der Waals surface area (Å²) in [5, 5.41) is 3.61. The number of aryl methyl sites for hydroxylation is 1. The van der Waals surface area contributed by atoms with Gasteiger partial charge in [-0.1, -0.05) is 18.2 Å². The molecule has 0 saturated heterocycles. The molecule has 0 bridgehead atoms. The van der Waals surface area contributed by atoms with Gasteiger partial charge in [-0.15, -0.1) is 11.3 Å². The normalized spacial score (nSPS) is 10.9. The van der Waals surface area contributed by atoms with Crippen molar-refractivity contribution in [3.63, 3.8) is 0 Å². The molecule has 1 nitrogen and oxygen atoms in total. The van der Waals surface area contributed by atoms with E-state index in [1.54, 1.807) is 0 Å². The largest absolute Gasteiger partial charge is 0.330 e. The van der Waals surface area contributed by atoms with E-state index >= 15 is 0 Å². The van der Waals surface area contributed by atoms with E-state index in [-0.39, 0.29) is 0 Å². The van der Waals surface area contributed by atoms with Gasteiger partial charge in [-0.3, -0.25) is 0 Å². The fraction of sp³-hybridized carbons (Fsp3) is 0.273. The number of benzene rings is 1. The molecule has 0 saturated carbocycles. The molecule has 2 aromatic rings. The Morgan fingerprint density at radius 2 is 2.23 bits per heavy atom. The zero-order chi connectivity index (χ0) is 9.26. The molecule has 1 heterocycles. The molecule has 1 aromatic carbocycles. The molecule has 0 spiro atoms. The van der Waals surface area contributed by atoms with Gasteiger partial charge in [0, 0.05) is 4.70 Å². The Hall–Kier alpha value is -0.860. The molecule has 0 aliphatic carbocycles. The van der Waals surface area contributed by atoms with Crippen LogP contribution in [0.3, 0.4) is 0 Å². The van der Waals surface area contributed by atoms with Crippen molar-refractivity contribution in [2.75, 3.05) is 6.54 Å². The van der Waals surface area contributed by atoms with E-state index < -0.39 is 0 Å². The summed E-state index contributed by atoms with van der Waals surface area (Å²) in [4.78, 5) is 0. The lowest BCUT2D eigenvalue weighted by Crippen LogP contribution is -2.01. The average Bonchev–Trinajstić information content (AvgIpc) is 2.51. The highest BCUT2D eigenvalue weighted by Crippen LogP contribution is 2.28. The zero-order valence-corrected chi connectivity index (χ0v) is 8.53. The molecular formula is C11H13NS. The SMILES string of the molecule is Cc1cccc2c(CCN)csc12. The minimum atomic E-state index is 0.736. The van der Waals surface area contributed by atoms with Crippen molar-refractivity contribution in [2.45, 2.75) is 13.3 Å². The van der Waals surface area contributed by atoms with Crippen LogP contribution in [0, 0.1) is 6.92 Å². The number of thiophene rings is 1. The van der Waals surface area contributed by atoms with Gasteiger partial charge in [-0.25, -0.2) is 0 Å². The van der Waals surface area contributed by atoms with Crippen LogP contribution in [0.4, 0.5) is 0 Å². The molecule has 0 fully saturated rings. The Morgan fingerprint density at radius 3 is 3.00 bits per heavy atom. The quantitative estimate of drug-likeness (QED) is 0.776. The van der Waals surface area contributed by atoms with Crippen molar-refractivity contribution >= 4 is 21.4 Å². The highest BCUT2D eigenvalue weighted by molar-refractivity contribution is 7.17. The fourth-order valence-corrected chi connectivity index (χ4v) is 2.69. The lowest BCUT2D eigenvalue weighted by molar-refractivity contribution is 0.981. The second-order valence-corrected chi connectivity index (χ2v) is 4.13. The lowest BCUT2D eigenvalue weighted by Gasteiger charge is -1.97. The van der Waals surface area contributed by atoms with Crippen molar-refractivity contribution in [1.82, 2.24) is 0 Å². The number of hydrogen-bond acceptors (Lipinski definition) is 2. The molecule has 0 aliphatic heterocycles. The molecule has 0 unspecified atom stereocenters. The minimum absolute atomic E-state index is 0.736. The van der Waals surface area contributed by atoms with Crippen LogP contribution in [0.2, 0.25) is 0 Å². The second-order valence-electron chi connectivity index (χ2n) is 3.25. The number of nitrogens with two attached hydrogens (primary N) is 1. The molecule has 0 radical (unpaired) electrons. The topological polar surface area (TPSA) is 26.0 Å². The van der Waals surface area contributed by atoms with Crippen LogP contribution in [0.1, 0.15) is 11.1 Å². The monoisotopic (exact) mass is 191 g/mol. The number of rotatable bonds is 2. The van der Waals surface area contributed by atoms with E-state index in [0.29, 0.717) is 0 Å². The molecule has 1 aromatic heterocycles. The van der Waals surface area contributed by atoms with Crippen molar-refractivity contribution in [1.29, 1.82) is 0 Å². The van der Waals surface area contributed by atoms with Crippen molar-refractivity contribution in [2.24, 2.45) is 5.73 Å². The van der Waals surface area contributed by atoms with Crippen LogP contribution in [0.25, 0.3) is 10.1 Å². The molecule has 13 heavy (non-hydrogen) atoms. The first-order valence-electron chi connectivity index (χ1n) is 4.48. The molecular weight excluding hydrogens is 178 g/mol. The first-order valence-corrected chi connectivity index (χ1v) is 5.36. The van der Waals surface area contributed by atoms with Crippen LogP contribution in [-0.4, -0.2) is 6.54 Å². The number of hydrogen-bond donors (Lipinski definition) is 1. The average molecular weight is 191 g/mol. The fourth-order valence-electron chi connectivity index (χ4n) is 1.60. The molecule has 0 atom stereocenters. The van der Waals surface area contributed by atoms with E-state index in [9.17, 15) is 0 Å². The molecule has 68 valence electrons. The van der Waals surface area contributed by atoms with Crippen LogP contribution in [0.15, 0.2) is 23.6 Å². The maximum absolute atomic E-state index is 5.55. The summed E-state index contributed by atoms with van der Waals surface area (Å²) in [6.07, 6.45) is 0.990. The molecule has 2 heteroatoms. The maximum atomic E-state index is 5.55. The van der Waals surface area contributed by atoms with Gasteiger partial charge in [0.2, 0.25) is 0 Å². The third kappa shape index (κ3) is 1.47. The van der Waals surface area contributed by atoms with Crippen LogP contribution < -0.4 is 5.73 Å². The summed E-state index contributed by atoms with van der Waals surface area (Å²) >= 11 is 1.82. The third-order valence-electron chi connectivity index (χ3n) is 2.29. The van der Waals surface area contributed by atoms with Gasteiger partial charge in [0.15, 0.2) is 0 Å². The summed E-state index contributed by atoms with van der Waals surface area (Å²) in [6, 6.07) is 6.46. The Morgan fingerprint density at radius 1 is 1.38 bits per heavy atom. The Balaban J connectivity index is 2.61. The maximum Gasteiger partial charge on any atom is 0.0374 e. The van der Waals surface area contributed by atoms with E-state index in [1.807, 2.05) is 11.3 Å². The number of fused-ring (bicyclic) bond motifs is 1. The van der Waals surface area contributed by atoms with Gasteiger partial charge in [0.1, 0.15) is 0 Å². The summed E-state index contributed by atoms with van der Waals surface area (Å²) in [7, 11) is 0. The first-order chi connectivity index (χ1) is 6.33. The molecule has 2 rings (SSSR count). The van der Waals surface area contributed by atoms with E-state index in [1.165, 1.54) is 21.2 Å².